The molecule has 100 valence electrons. The van der Waals surface area contributed by atoms with E-state index in [0.29, 0.717) is 20.8 Å². The van der Waals surface area contributed by atoms with Gasteiger partial charge in [-0.15, -0.1) is 0 Å². The second-order valence-electron chi connectivity index (χ2n) is 3.67. The van der Waals surface area contributed by atoms with E-state index in [1.54, 1.807) is 26.5 Å². The van der Waals surface area contributed by atoms with E-state index < -0.39 is 0 Å². The Morgan fingerprint density at radius 3 is 2.84 bits per heavy atom. The van der Waals surface area contributed by atoms with Crippen LogP contribution in [-0.4, -0.2) is 28.8 Å². The maximum atomic E-state index is 11.9. The van der Waals surface area contributed by atoms with Crippen molar-refractivity contribution in [3.63, 3.8) is 0 Å². The van der Waals surface area contributed by atoms with Crippen LogP contribution in [-0.2, 0) is 6.54 Å². The Hall–Kier alpha value is -1.64. The molecule has 0 amide bonds. The molecule has 2 aromatic rings. The summed E-state index contributed by atoms with van der Waals surface area (Å²) in [7, 11) is 3.10. The first-order valence-electron chi connectivity index (χ1n) is 5.43. The molecule has 0 saturated heterocycles. The maximum absolute atomic E-state index is 11.9. The first kappa shape index (κ1) is 13.8. The lowest BCUT2D eigenvalue weighted by Crippen LogP contribution is -2.23. The molecule has 0 fully saturated rings. The molecule has 19 heavy (non-hydrogen) atoms. The Morgan fingerprint density at radius 2 is 2.16 bits per heavy atom. The van der Waals surface area contributed by atoms with Crippen LogP contribution in [0.15, 0.2) is 29.6 Å². The van der Waals surface area contributed by atoms with Crippen LogP contribution in [0.1, 0.15) is 5.69 Å². The molecule has 0 N–H and O–H groups in total. The number of rotatable bonds is 4. The van der Waals surface area contributed by atoms with E-state index in [4.69, 9.17) is 9.47 Å². The van der Waals surface area contributed by atoms with Gasteiger partial charge in [0.05, 0.1) is 30.7 Å². The van der Waals surface area contributed by atoms with Crippen molar-refractivity contribution in [1.82, 2.24) is 14.5 Å². The fraction of sp³-hybridized carbons (Fsp3) is 0.250. The standard InChI is InChI=1S/C12H12IN3O3/c1-18-10-3-4-15-9(11(10)19-2)6-16-7-14-5-8(13)12(16)17/h3-5,7H,6H2,1-2H3. The van der Waals surface area contributed by atoms with E-state index in [1.807, 2.05) is 22.6 Å². The van der Waals surface area contributed by atoms with Gasteiger partial charge in [0.1, 0.15) is 5.69 Å². The molecular weight excluding hydrogens is 361 g/mol. The second-order valence-corrected chi connectivity index (χ2v) is 4.83. The summed E-state index contributed by atoms with van der Waals surface area (Å²) in [5, 5.41) is 0. The molecule has 0 aliphatic heterocycles. The third-order valence-electron chi connectivity index (χ3n) is 2.55. The van der Waals surface area contributed by atoms with Gasteiger partial charge in [-0.1, -0.05) is 0 Å². The number of hydrogen-bond acceptors (Lipinski definition) is 5. The number of aromatic nitrogens is 3. The first-order valence-corrected chi connectivity index (χ1v) is 6.51. The Bertz CT molecular complexity index is 642. The summed E-state index contributed by atoms with van der Waals surface area (Å²) in [6, 6.07) is 1.71. The van der Waals surface area contributed by atoms with Crippen LogP contribution in [0.2, 0.25) is 0 Å². The van der Waals surface area contributed by atoms with Crippen LogP contribution in [0.25, 0.3) is 0 Å². The SMILES string of the molecule is COc1ccnc(Cn2cncc(I)c2=O)c1OC. The normalized spacial score (nSPS) is 10.3. The van der Waals surface area contributed by atoms with Crippen molar-refractivity contribution >= 4 is 22.6 Å². The molecule has 0 spiro atoms. The summed E-state index contributed by atoms with van der Waals surface area (Å²) < 4.78 is 12.5. The molecule has 6 nitrogen and oxygen atoms in total. The Labute approximate surface area is 123 Å². The summed E-state index contributed by atoms with van der Waals surface area (Å²) in [4.78, 5) is 20.2. The molecule has 0 bridgehead atoms. The minimum absolute atomic E-state index is 0.109. The Morgan fingerprint density at radius 1 is 1.37 bits per heavy atom. The lowest BCUT2D eigenvalue weighted by atomic mass is 10.3. The van der Waals surface area contributed by atoms with Crippen LogP contribution < -0.4 is 15.0 Å². The van der Waals surface area contributed by atoms with E-state index in [-0.39, 0.29) is 12.1 Å². The highest BCUT2D eigenvalue weighted by molar-refractivity contribution is 14.1. The zero-order chi connectivity index (χ0) is 13.8. The van der Waals surface area contributed by atoms with E-state index in [0.717, 1.165) is 0 Å². The average Bonchev–Trinajstić information content (AvgIpc) is 2.43. The lowest BCUT2D eigenvalue weighted by Gasteiger charge is -2.12. The molecule has 2 aromatic heterocycles. The van der Waals surface area contributed by atoms with Gasteiger partial charge in [-0.05, 0) is 22.6 Å². The van der Waals surface area contributed by atoms with Crippen molar-refractivity contribution in [3.05, 3.63) is 44.4 Å². The number of ether oxygens (including phenoxy) is 2. The van der Waals surface area contributed by atoms with Gasteiger partial charge in [-0.3, -0.25) is 14.3 Å². The molecule has 2 rings (SSSR count). The maximum Gasteiger partial charge on any atom is 0.267 e. The third kappa shape index (κ3) is 2.86. The van der Waals surface area contributed by atoms with Crippen LogP contribution in [0.4, 0.5) is 0 Å². The predicted octanol–water partition coefficient (Wildman–Crippen LogP) is 1.31. The van der Waals surface area contributed by atoms with E-state index >= 15 is 0 Å². The van der Waals surface area contributed by atoms with Crippen molar-refractivity contribution in [3.8, 4) is 11.5 Å². The quantitative estimate of drug-likeness (QED) is 0.757. The molecular formula is C12H12IN3O3. The minimum atomic E-state index is -0.109. The molecule has 0 atom stereocenters. The number of halogens is 1. The highest BCUT2D eigenvalue weighted by Crippen LogP contribution is 2.29. The summed E-state index contributed by atoms with van der Waals surface area (Å²) in [5.41, 5.74) is 0.509. The van der Waals surface area contributed by atoms with Gasteiger partial charge >= 0.3 is 0 Å². The minimum Gasteiger partial charge on any atom is -0.493 e. The molecule has 0 aliphatic carbocycles. The fourth-order valence-electron chi connectivity index (χ4n) is 1.66. The summed E-state index contributed by atoms with van der Waals surface area (Å²) in [6.45, 7) is 0.281. The largest absolute Gasteiger partial charge is 0.493 e. The molecule has 0 radical (unpaired) electrons. The molecule has 7 heteroatoms. The predicted molar refractivity (Wildman–Crippen MR) is 77.7 cm³/mol. The van der Waals surface area contributed by atoms with Gasteiger partial charge < -0.3 is 9.47 Å². The zero-order valence-electron chi connectivity index (χ0n) is 10.5. The smallest absolute Gasteiger partial charge is 0.267 e. The summed E-state index contributed by atoms with van der Waals surface area (Å²) in [6.07, 6.45) is 4.61. The first-order chi connectivity index (χ1) is 9.17. The van der Waals surface area contributed by atoms with E-state index in [2.05, 4.69) is 9.97 Å². The molecule has 0 saturated carbocycles. The van der Waals surface area contributed by atoms with Crippen molar-refractivity contribution in [2.45, 2.75) is 6.54 Å². The van der Waals surface area contributed by atoms with Crippen molar-refractivity contribution < 1.29 is 9.47 Å². The van der Waals surface area contributed by atoms with Crippen molar-refractivity contribution in [1.29, 1.82) is 0 Å². The van der Waals surface area contributed by atoms with Gasteiger partial charge in [0, 0.05) is 18.5 Å². The van der Waals surface area contributed by atoms with Gasteiger partial charge in [0.15, 0.2) is 11.5 Å². The van der Waals surface area contributed by atoms with Crippen molar-refractivity contribution in [2.24, 2.45) is 0 Å². The number of pyridine rings is 1. The van der Waals surface area contributed by atoms with Crippen LogP contribution in [0, 0.1) is 3.57 Å². The molecule has 0 aromatic carbocycles. The van der Waals surface area contributed by atoms with E-state index in [9.17, 15) is 4.79 Å². The summed E-state index contributed by atoms with van der Waals surface area (Å²) in [5.74, 6) is 1.11. The zero-order valence-corrected chi connectivity index (χ0v) is 12.6. The van der Waals surface area contributed by atoms with Gasteiger partial charge in [0.25, 0.3) is 5.56 Å². The van der Waals surface area contributed by atoms with Crippen LogP contribution in [0.3, 0.4) is 0 Å². The molecule has 0 aliphatic rings. The molecule has 0 unspecified atom stereocenters. The number of hydrogen-bond donors (Lipinski definition) is 0. The lowest BCUT2D eigenvalue weighted by molar-refractivity contribution is 0.348. The van der Waals surface area contributed by atoms with Gasteiger partial charge in [0.2, 0.25) is 0 Å². The highest BCUT2D eigenvalue weighted by Gasteiger charge is 2.12. The topological polar surface area (TPSA) is 66.2 Å². The molecule has 2 heterocycles. The van der Waals surface area contributed by atoms with E-state index in [1.165, 1.54) is 17.1 Å². The number of methoxy groups -OCH3 is 2. The number of nitrogens with zero attached hydrogens (tertiary/aromatic N) is 3. The average molecular weight is 373 g/mol. The van der Waals surface area contributed by atoms with Crippen molar-refractivity contribution in [2.75, 3.05) is 14.2 Å². The van der Waals surface area contributed by atoms with Gasteiger partial charge in [-0.25, -0.2) is 4.98 Å². The summed E-state index contributed by atoms with van der Waals surface area (Å²) >= 11 is 1.95. The van der Waals surface area contributed by atoms with Crippen LogP contribution >= 0.6 is 22.6 Å². The third-order valence-corrected chi connectivity index (χ3v) is 3.29. The second kappa shape index (κ2) is 6.00. The Kier molecular flexibility index (Phi) is 4.35. The highest BCUT2D eigenvalue weighted by atomic mass is 127. The van der Waals surface area contributed by atoms with Gasteiger partial charge in [-0.2, -0.15) is 0 Å². The van der Waals surface area contributed by atoms with Crippen LogP contribution in [0.5, 0.6) is 11.5 Å². The fourth-order valence-corrected chi connectivity index (χ4v) is 2.13. The monoisotopic (exact) mass is 373 g/mol. The Balaban J connectivity index is 2.44.